The van der Waals surface area contributed by atoms with Gasteiger partial charge in [-0.3, -0.25) is 4.98 Å². The molecule has 2 rings (SSSR count). The van der Waals surface area contributed by atoms with Crippen LogP contribution in [0.1, 0.15) is 30.5 Å². The molecule has 0 fully saturated rings. The van der Waals surface area contributed by atoms with Crippen LogP contribution in [0.2, 0.25) is 0 Å². The summed E-state index contributed by atoms with van der Waals surface area (Å²) >= 11 is 0. The molecule has 3 heteroatoms. The van der Waals surface area contributed by atoms with Crippen molar-refractivity contribution in [2.75, 3.05) is 0 Å². The first kappa shape index (κ1) is 12.7. The maximum Gasteiger partial charge on any atom is 0.146 e. The highest BCUT2D eigenvalue weighted by Gasteiger charge is 2.26. The molecule has 0 aliphatic rings. The summed E-state index contributed by atoms with van der Waals surface area (Å²) in [4.78, 5) is 3.75. The first-order chi connectivity index (χ1) is 8.55. The fourth-order valence-corrected chi connectivity index (χ4v) is 2.04. The minimum Gasteiger partial charge on any atom is -0.318 e. The van der Waals surface area contributed by atoms with Crippen molar-refractivity contribution in [2.24, 2.45) is 5.73 Å². The molecule has 0 saturated heterocycles. The van der Waals surface area contributed by atoms with Crippen LogP contribution in [0.25, 0.3) is 0 Å². The largest absolute Gasteiger partial charge is 0.318 e. The lowest BCUT2D eigenvalue weighted by Gasteiger charge is -2.26. The Morgan fingerprint density at radius 2 is 1.89 bits per heavy atom. The molecular weight excluding hydrogens is 227 g/mol. The summed E-state index contributed by atoms with van der Waals surface area (Å²) in [6, 6.07) is 9.60. The van der Waals surface area contributed by atoms with Crippen molar-refractivity contribution in [3.63, 3.8) is 0 Å². The van der Waals surface area contributed by atoms with Gasteiger partial charge in [-0.1, -0.05) is 31.2 Å². The van der Waals surface area contributed by atoms with E-state index in [1.165, 1.54) is 11.8 Å². The molecule has 0 radical (unpaired) electrons. The number of aromatic nitrogens is 1. The number of hydrogen-bond donors (Lipinski definition) is 1. The second-order valence-corrected chi connectivity index (χ2v) is 4.61. The van der Waals surface area contributed by atoms with Crippen LogP contribution in [0.3, 0.4) is 0 Å². The maximum absolute atomic E-state index is 13.8. The van der Waals surface area contributed by atoms with E-state index in [9.17, 15) is 4.39 Å². The summed E-state index contributed by atoms with van der Waals surface area (Å²) in [6.07, 6.45) is 3.73. The second-order valence-electron chi connectivity index (χ2n) is 4.61. The van der Waals surface area contributed by atoms with Crippen LogP contribution in [-0.2, 0) is 12.0 Å². The molecule has 0 saturated carbocycles. The van der Waals surface area contributed by atoms with Gasteiger partial charge in [0.1, 0.15) is 5.82 Å². The van der Waals surface area contributed by atoms with Gasteiger partial charge in [0.05, 0.1) is 11.7 Å². The lowest BCUT2D eigenvalue weighted by atomic mass is 9.85. The Morgan fingerprint density at radius 1 is 1.22 bits per heavy atom. The predicted octanol–water partition coefficient (Wildman–Crippen LogP) is 3.01. The predicted molar refractivity (Wildman–Crippen MR) is 70.7 cm³/mol. The van der Waals surface area contributed by atoms with E-state index in [0.29, 0.717) is 5.56 Å². The topological polar surface area (TPSA) is 38.9 Å². The first-order valence-electron chi connectivity index (χ1n) is 6.04. The molecule has 94 valence electrons. The van der Waals surface area contributed by atoms with E-state index in [4.69, 9.17) is 5.73 Å². The van der Waals surface area contributed by atoms with E-state index in [-0.39, 0.29) is 5.82 Å². The van der Waals surface area contributed by atoms with Crippen molar-refractivity contribution in [2.45, 2.75) is 25.8 Å². The number of nitrogens with two attached hydrogens (primary N) is 1. The van der Waals surface area contributed by atoms with Gasteiger partial charge in [0.2, 0.25) is 0 Å². The fraction of sp³-hybridized carbons (Fsp3) is 0.267. The van der Waals surface area contributed by atoms with Gasteiger partial charge in [-0.2, -0.15) is 0 Å². The molecule has 1 atom stereocenters. The SMILES string of the molecule is CCc1ccc(C(C)(N)c2ccncc2F)cc1. The third-order valence-electron chi connectivity index (χ3n) is 3.29. The molecule has 1 unspecified atom stereocenters. The van der Waals surface area contributed by atoms with E-state index in [1.54, 1.807) is 12.3 Å². The van der Waals surface area contributed by atoms with Gasteiger partial charge in [0, 0.05) is 11.8 Å². The summed E-state index contributed by atoms with van der Waals surface area (Å²) in [5.41, 5.74) is 8.03. The molecule has 2 aromatic rings. The van der Waals surface area contributed by atoms with E-state index in [2.05, 4.69) is 11.9 Å². The average molecular weight is 244 g/mol. The van der Waals surface area contributed by atoms with Gasteiger partial charge in [-0.15, -0.1) is 0 Å². The molecule has 18 heavy (non-hydrogen) atoms. The Labute approximate surface area is 107 Å². The highest BCUT2D eigenvalue weighted by Crippen LogP contribution is 2.28. The molecule has 0 aliphatic carbocycles. The highest BCUT2D eigenvalue weighted by atomic mass is 19.1. The lowest BCUT2D eigenvalue weighted by molar-refractivity contribution is 0.527. The fourth-order valence-electron chi connectivity index (χ4n) is 2.04. The van der Waals surface area contributed by atoms with E-state index >= 15 is 0 Å². The van der Waals surface area contributed by atoms with Crippen LogP contribution in [0.5, 0.6) is 0 Å². The summed E-state index contributed by atoms with van der Waals surface area (Å²) in [6.45, 7) is 3.91. The monoisotopic (exact) mass is 244 g/mol. The minimum atomic E-state index is -0.848. The second kappa shape index (κ2) is 4.86. The number of benzene rings is 1. The molecule has 0 spiro atoms. The normalized spacial score (nSPS) is 14.2. The van der Waals surface area contributed by atoms with Gasteiger partial charge in [0.15, 0.2) is 0 Å². The number of halogens is 1. The third-order valence-corrected chi connectivity index (χ3v) is 3.29. The van der Waals surface area contributed by atoms with E-state index < -0.39 is 5.54 Å². The zero-order chi connectivity index (χ0) is 13.2. The number of aryl methyl sites for hydroxylation is 1. The molecular formula is C15H17FN2. The third kappa shape index (κ3) is 2.27. The van der Waals surface area contributed by atoms with E-state index in [0.717, 1.165) is 12.0 Å². The molecule has 2 N–H and O–H groups in total. The van der Waals surface area contributed by atoms with Crippen LogP contribution >= 0.6 is 0 Å². The first-order valence-corrected chi connectivity index (χ1v) is 6.04. The molecule has 0 amide bonds. The number of pyridine rings is 1. The van der Waals surface area contributed by atoms with Crippen molar-refractivity contribution in [1.82, 2.24) is 4.98 Å². The van der Waals surface area contributed by atoms with Gasteiger partial charge >= 0.3 is 0 Å². The lowest BCUT2D eigenvalue weighted by Crippen LogP contribution is -2.35. The number of hydrogen-bond acceptors (Lipinski definition) is 2. The van der Waals surface area contributed by atoms with Gasteiger partial charge in [0.25, 0.3) is 0 Å². The van der Waals surface area contributed by atoms with Gasteiger partial charge in [-0.05, 0) is 30.5 Å². The van der Waals surface area contributed by atoms with Crippen LogP contribution in [0, 0.1) is 5.82 Å². The Kier molecular flexibility index (Phi) is 3.43. The molecule has 0 aliphatic heterocycles. The number of nitrogens with zero attached hydrogens (tertiary/aromatic N) is 1. The van der Waals surface area contributed by atoms with Crippen molar-refractivity contribution in [3.05, 3.63) is 65.2 Å². The van der Waals surface area contributed by atoms with Crippen LogP contribution in [-0.4, -0.2) is 4.98 Å². The van der Waals surface area contributed by atoms with Crippen molar-refractivity contribution >= 4 is 0 Å². The molecule has 0 bridgehead atoms. The standard InChI is InChI=1S/C15H17FN2/c1-3-11-4-6-12(7-5-11)15(2,17)13-8-9-18-10-14(13)16/h4-10H,3,17H2,1-2H3. The minimum absolute atomic E-state index is 0.373. The summed E-state index contributed by atoms with van der Waals surface area (Å²) < 4.78 is 13.8. The van der Waals surface area contributed by atoms with Gasteiger partial charge in [-0.25, -0.2) is 4.39 Å². The Balaban J connectivity index is 2.44. The number of rotatable bonds is 3. The summed E-state index contributed by atoms with van der Waals surface area (Å²) in [5, 5.41) is 0. The Morgan fingerprint density at radius 3 is 2.44 bits per heavy atom. The zero-order valence-electron chi connectivity index (χ0n) is 10.7. The summed E-state index contributed by atoms with van der Waals surface area (Å²) in [7, 11) is 0. The Hall–Kier alpha value is -1.74. The van der Waals surface area contributed by atoms with E-state index in [1.807, 2.05) is 31.2 Å². The molecule has 1 aromatic heterocycles. The quantitative estimate of drug-likeness (QED) is 0.901. The molecule has 1 heterocycles. The average Bonchev–Trinajstić information content (AvgIpc) is 2.39. The highest BCUT2D eigenvalue weighted by molar-refractivity contribution is 5.37. The zero-order valence-corrected chi connectivity index (χ0v) is 10.7. The van der Waals surface area contributed by atoms with Crippen molar-refractivity contribution < 1.29 is 4.39 Å². The van der Waals surface area contributed by atoms with Gasteiger partial charge < -0.3 is 5.73 Å². The smallest absolute Gasteiger partial charge is 0.146 e. The molecule has 1 aromatic carbocycles. The van der Waals surface area contributed by atoms with Crippen molar-refractivity contribution in [3.8, 4) is 0 Å². The van der Waals surface area contributed by atoms with Crippen LogP contribution in [0.15, 0.2) is 42.7 Å². The van der Waals surface area contributed by atoms with Crippen LogP contribution < -0.4 is 5.73 Å². The van der Waals surface area contributed by atoms with Crippen LogP contribution in [0.4, 0.5) is 4.39 Å². The maximum atomic E-state index is 13.8. The summed E-state index contributed by atoms with van der Waals surface area (Å²) in [5.74, 6) is -0.373. The molecule has 2 nitrogen and oxygen atoms in total. The van der Waals surface area contributed by atoms with Crippen molar-refractivity contribution in [1.29, 1.82) is 0 Å². The Bertz CT molecular complexity index is 532.